The van der Waals surface area contributed by atoms with Gasteiger partial charge in [0.05, 0.1) is 19.2 Å². The molecule has 0 saturated carbocycles. The number of ketones is 2. The molecule has 0 unspecified atom stereocenters. The normalized spacial score (nSPS) is 15.5. The zero-order valence-electron chi connectivity index (χ0n) is 28.7. The van der Waals surface area contributed by atoms with Crippen molar-refractivity contribution >= 4 is 79.3 Å². The third-order valence-electron chi connectivity index (χ3n) is 7.75. The van der Waals surface area contributed by atoms with Gasteiger partial charge in [-0.15, -0.1) is 34.0 Å². The predicted molar refractivity (Wildman–Crippen MR) is 160 cm³/mol. The molecule has 0 aliphatic carbocycles. The minimum Gasteiger partial charge on any atom is -0.503 e. The minimum atomic E-state index is -8.56. The molecule has 0 amide bonds. The molecule has 0 aliphatic heterocycles. The van der Waals surface area contributed by atoms with Gasteiger partial charge >= 0.3 is 86.5 Å². The Kier molecular flexibility index (Phi) is 14.0. The average Bonchev–Trinajstić information content (AvgIpc) is 3.80. The highest BCUT2D eigenvalue weighted by molar-refractivity contribution is 7.39. The van der Waals surface area contributed by atoms with E-state index in [1.165, 1.54) is 0 Å². The number of carbonyl (C=O) groups excluding carboxylic acids is 2. The van der Waals surface area contributed by atoms with Gasteiger partial charge < -0.3 is 9.31 Å². The van der Waals surface area contributed by atoms with Crippen molar-refractivity contribution < 1.29 is 150 Å². The van der Waals surface area contributed by atoms with E-state index in [0.717, 1.165) is 0 Å². The van der Waals surface area contributed by atoms with Gasteiger partial charge in [-0.25, -0.2) is 17.3 Å². The highest BCUT2D eigenvalue weighted by atomic mass is 32.1. The Morgan fingerprint density at radius 3 is 0.877 bits per heavy atom. The van der Waals surface area contributed by atoms with Crippen molar-refractivity contribution in [1.82, 2.24) is 0 Å². The molecule has 3 heterocycles. The van der Waals surface area contributed by atoms with Crippen LogP contribution in [-0.4, -0.2) is 98.1 Å². The predicted octanol–water partition coefficient (Wildman–Crippen LogP) is 13.7. The molecule has 0 bridgehead atoms. The van der Waals surface area contributed by atoms with E-state index < -0.39 is 150 Å². The monoisotopic (exact) mass is 1070 g/mol. The number of halogens is 30. The molecule has 39 heteroatoms. The summed E-state index contributed by atoms with van der Waals surface area (Å²) >= 11 is -0.230. The van der Waals surface area contributed by atoms with Crippen LogP contribution < -0.4 is 0 Å². The van der Waals surface area contributed by atoms with Crippen LogP contribution in [0.3, 0.4) is 0 Å². The maximum absolute atomic E-state index is 14.7. The second-order valence-corrected chi connectivity index (χ2v) is 15.1. The lowest BCUT2D eigenvalue weighted by atomic mass is 9.92. The van der Waals surface area contributed by atoms with E-state index in [0.29, 0.717) is 12.1 Å². The fourth-order valence-electron chi connectivity index (χ4n) is 4.40. The van der Waals surface area contributed by atoms with Crippen LogP contribution in [0.1, 0.15) is 19.3 Å². The van der Waals surface area contributed by atoms with Crippen LogP contribution in [0, 0.1) is 0 Å². The van der Waals surface area contributed by atoms with E-state index >= 15 is 0 Å². The molecule has 0 spiro atoms. The van der Waals surface area contributed by atoms with Gasteiger partial charge in [0, 0.05) is 21.6 Å². The Balaban J connectivity index is 2.13. The molecule has 0 fully saturated rings. The van der Waals surface area contributed by atoms with Gasteiger partial charge in [0.25, 0.3) is 0 Å². The summed E-state index contributed by atoms with van der Waals surface area (Å²) in [6.45, 7) is 0. The largest absolute Gasteiger partial charge is 0.796 e. The van der Waals surface area contributed by atoms with E-state index in [1.54, 1.807) is 0 Å². The maximum atomic E-state index is 14.7. The third kappa shape index (κ3) is 8.53. The van der Waals surface area contributed by atoms with Crippen molar-refractivity contribution in [3.8, 4) is 0 Å². The highest BCUT2D eigenvalue weighted by Gasteiger charge is 2.93. The maximum Gasteiger partial charge on any atom is 0.796 e. The Morgan fingerprint density at radius 2 is 0.646 bits per heavy atom. The zero-order chi connectivity index (χ0) is 51.3. The lowest BCUT2D eigenvalue weighted by Gasteiger charge is -2.39. The Bertz CT molecular complexity index is 2190. The summed E-state index contributed by atoms with van der Waals surface area (Å²) in [5.41, 5.74) is 0. The first kappa shape index (κ1) is 55.4. The van der Waals surface area contributed by atoms with Crippen molar-refractivity contribution in [2.24, 2.45) is 0 Å². The number of allylic oxidation sites excluding steroid dienone is 4. The standard InChI is InChI=1S/C26H4B2F30O4S3/c29-15(30,17(33,34)19(37,38)21(41,42)23(45,46)25(49,50)51)11(61-27(55)56)1-5(59)7-3-9-13(64-7)14-10(63-9)4-8(65-14)6(60)2-12(62-28(57)58)16(31,32)18(35,36)20(39,40)22(43,44)24(47,48)26(52,53)54/h1-4H/b11-1-,12-2-. The lowest BCUT2D eigenvalue weighted by Crippen LogP contribution is -2.70. The van der Waals surface area contributed by atoms with Gasteiger partial charge in [-0.2, -0.15) is 114 Å². The quantitative estimate of drug-likeness (QED) is 0.0419. The molecule has 4 nitrogen and oxygen atoms in total. The van der Waals surface area contributed by atoms with Crippen molar-refractivity contribution in [3.63, 3.8) is 0 Å². The lowest BCUT2D eigenvalue weighted by molar-refractivity contribution is -0.438. The van der Waals surface area contributed by atoms with Crippen molar-refractivity contribution in [2.75, 3.05) is 0 Å². The first-order valence-corrected chi connectivity index (χ1v) is 17.3. The molecule has 0 saturated heterocycles. The van der Waals surface area contributed by atoms with Crippen LogP contribution in [0.4, 0.5) is 131 Å². The molecular weight excluding hydrogens is 1060 g/mol. The van der Waals surface area contributed by atoms with Crippen LogP contribution in [-0.2, 0) is 9.31 Å². The first-order chi connectivity index (χ1) is 28.6. The molecule has 0 aliphatic rings. The van der Waals surface area contributed by atoms with E-state index in [2.05, 4.69) is 9.31 Å². The Morgan fingerprint density at radius 1 is 0.400 bits per heavy atom. The van der Waals surface area contributed by atoms with Crippen LogP contribution in [0.25, 0.3) is 18.8 Å². The summed E-state index contributed by atoms with van der Waals surface area (Å²) in [7, 11) is -9.89. The fraction of sp³-hybridized carbons (Fsp3) is 0.462. The number of thiophene rings is 3. The second kappa shape index (κ2) is 16.4. The first-order valence-electron chi connectivity index (χ1n) is 14.9. The summed E-state index contributed by atoms with van der Waals surface area (Å²) in [5, 5.41) is 0. The van der Waals surface area contributed by atoms with Gasteiger partial charge in [-0.3, -0.25) is 9.59 Å². The number of rotatable bonds is 18. The van der Waals surface area contributed by atoms with Crippen molar-refractivity contribution in [3.05, 3.63) is 45.6 Å². The van der Waals surface area contributed by atoms with E-state index in [-0.39, 0.29) is 34.0 Å². The summed E-state index contributed by atoms with van der Waals surface area (Å²) in [4.78, 5) is 22.8. The van der Waals surface area contributed by atoms with Gasteiger partial charge in [-0.05, 0) is 12.1 Å². The Labute approximate surface area is 346 Å². The highest BCUT2D eigenvalue weighted by Crippen LogP contribution is 2.63. The molecule has 0 aromatic carbocycles. The average molecular weight is 1070 g/mol. The van der Waals surface area contributed by atoms with Crippen molar-refractivity contribution in [1.29, 1.82) is 0 Å². The third-order valence-corrected chi connectivity index (χ3v) is 11.6. The number of alkyl halides is 26. The summed E-state index contributed by atoms with van der Waals surface area (Å²) in [6, 6.07) is 0.798. The topological polar surface area (TPSA) is 52.6 Å². The van der Waals surface area contributed by atoms with Crippen LogP contribution in [0.5, 0.6) is 0 Å². The summed E-state index contributed by atoms with van der Waals surface area (Å²) in [6.07, 6.45) is -18.4. The number of fused-ring (bicyclic) bond motifs is 3. The summed E-state index contributed by atoms with van der Waals surface area (Å²) < 4.78 is 409. The molecule has 0 radical (unpaired) electrons. The molecule has 3 aromatic heterocycles. The second-order valence-electron chi connectivity index (χ2n) is 12.0. The van der Waals surface area contributed by atoms with Crippen molar-refractivity contribution in [2.45, 2.75) is 71.6 Å². The molecular formula is C26H4B2F30O4S3. The molecule has 366 valence electrons. The minimum absolute atomic E-state index is 0.183. The Hall–Kier alpha value is -3.93. The van der Waals surface area contributed by atoms with Crippen LogP contribution in [0.15, 0.2) is 35.8 Å². The summed E-state index contributed by atoms with van der Waals surface area (Å²) in [5.74, 6) is -94.8. The van der Waals surface area contributed by atoms with Gasteiger partial charge in [0.15, 0.2) is 23.1 Å². The van der Waals surface area contributed by atoms with Crippen LogP contribution in [0.2, 0.25) is 0 Å². The van der Waals surface area contributed by atoms with Gasteiger partial charge in [-0.1, -0.05) is 0 Å². The molecule has 3 rings (SSSR count). The van der Waals surface area contributed by atoms with Gasteiger partial charge in [0.1, 0.15) is 0 Å². The molecule has 0 atom stereocenters. The van der Waals surface area contributed by atoms with Gasteiger partial charge in [0.2, 0.25) is 0 Å². The molecule has 65 heavy (non-hydrogen) atoms. The van der Waals surface area contributed by atoms with Crippen LogP contribution >= 0.6 is 34.0 Å². The van der Waals surface area contributed by atoms with E-state index in [9.17, 15) is 141 Å². The molecule has 0 N–H and O–H groups in total. The SMILES string of the molecule is O=C(/C=C(\OB(F)F)C(F)(F)C(F)(F)C(F)(F)C(F)(F)C(F)(F)C(F)(F)F)c1cc2sc3cc(C(=O)/C=C(\OB(F)F)C(F)(F)C(F)(F)C(F)(F)C(F)(F)C(F)(F)C(F)(F)F)sc3c2s1. The fourth-order valence-corrected chi connectivity index (χ4v) is 8.24. The van der Waals surface area contributed by atoms with E-state index in [4.69, 9.17) is 0 Å². The number of hydrogen-bond acceptors (Lipinski definition) is 7. The zero-order valence-corrected chi connectivity index (χ0v) is 31.1. The molecule has 3 aromatic rings. The number of hydrogen-bond donors (Lipinski definition) is 0. The smallest absolute Gasteiger partial charge is 0.503 e. The van der Waals surface area contributed by atoms with E-state index in [1.807, 2.05) is 0 Å². The number of carbonyl (C=O) groups is 2.